The topological polar surface area (TPSA) is 63.5 Å². The van der Waals surface area contributed by atoms with Gasteiger partial charge in [0.05, 0.1) is 0 Å². The van der Waals surface area contributed by atoms with Crippen LogP contribution in [0.2, 0.25) is 58.9 Å². The van der Waals surface area contributed by atoms with Crippen molar-refractivity contribution in [1.29, 1.82) is 0 Å². The zero-order chi connectivity index (χ0) is 18.8. The van der Waals surface area contributed by atoms with Crippen LogP contribution in [0, 0.1) is 0 Å². The van der Waals surface area contributed by atoms with E-state index in [1.54, 1.807) is 0 Å². The fourth-order valence-corrected chi connectivity index (χ4v) is 5.69. The largest absolute Gasteiger partial charge is 0.535 e. The van der Waals surface area contributed by atoms with Gasteiger partial charge in [-0.25, -0.2) is 0 Å². The highest BCUT2D eigenvalue weighted by Gasteiger charge is 2.43. The van der Waals surface area contributed by atoms with Crippen LogP contribution in [0.25, 0.3) is 0 Å². The Labute approximate surface area is 149 Å². The van der Waals surface area contributed by atoms with Crippen molar-refractivity contribution in [2.24, 2.45) is 10.2 Å². The van der Waals surface area contributed by atoms with Crippen molar-refractivity contribution in [2.45, 2.75) is 77.8 Å². The quantitative estimate of drug-likeness (QED) is 0.301. The van der Waals surface area contributed by atoms with Crippen LogP contribution in [0.4, 0.5) is 0 Å². The minimum Gasteiger partial charge on any atom is -0.535 e. The molecule has 1 rings (SSSR count). The molecule has 0 aromatic heterocycles. The summed E-state index contributed by atoms with van der Waals surface area (Å²) in [5, 5.41) is 8.39. The molecule has 0 radical (unpaired) electrons. The van der Waals surface area contributed by atoms with E-state index in [9.17, 15) is 4.79 Å². The van der Waals surface area contributed by atoms with Crippen LogP contribution >= 0.6 is 0 Å². The lowest BCUT2D eigenvalue weighted by Gasteiger charge is -2.37. The SMILES string of the molecule is C[Si](C)(C)O/C=N\N=C(/O[Si](C)(C)C)C1CCC(=O)N1[Si](C)(C)C. The van der Waals surface area contributed by atoms with Crippen LogP contribution < -0.4 is 0 Å². The molecule has 1 saturated heterocycles. The Morgan fingerprint density at radius 2 is 1.67 bits per heavy atom. The third-order valence-corrected chi connectivity index (χ3v) is 6.88. The Balaban J connectivity index is 3.07. The van der Waals surface area contributed by atoms with Crippen molar-refractivity contribution in [3.63, 3.8) is 0 Å². The van der Waals surface area contributed by atoms with E-state index in [4.69, 9.17) is 8.85 Å². The minimum absolute atomic E-state index is 0.0973. The van der Waals surface area contributed by atoms with Crippen LogP contribution in [0.15, 0.2) is 10.2 Å². The zero-order valence-corrected chi connectivity index (χ0v) is 19.6. The maximum atomic E-state index is 12.4. The summed E-state index contributed by atoms with van der Waals surface area (Å²) in [4.78, 5) is 12.4. The average Bonchev–Trinajstić information content (AvgIpc) is 2.72. The van der Waals surface area contributed by atoms with Gasteiger partial charge in [0.25, 0.3) is 0 Å². The first-order valence-corrected chi connectivity index (χ1v) is 18.8. The van der Waals surface area contributed by atoms with Crippen LogP contribution in [-0.2, 0) is 13.6 Å². The highest BCUT2D eigenvalue weighted by Crippen LogP contribution is 2.28. The summed E-state index contributed by atoms with van der Waals surface area (Å²) >= 11 is 0. The van der Waals surface area contributed by atoms with Gasteiger partial charge in [-0.1, -0.05) is 19.6 Å². The van der Waals surface area contributed by atoms with Crippen LogP contribution in [0.5, 0.6) is 0 Å². The number of hydrogen-bond donors (Lipinski definition) is 0. The summed E-state index contributed by atoms with van der Waals surface area (Å²) < 4.78 is 13.8. The Bertz CT molecular complexity index is 517. The van der Waals surface area contributed by atoms with Gasteiger partial charge in [-0.15, -0.1) is 10.2 Å². The summed E-state index contributed by atoms with van der Waals surface area (Å²) in [6, 6.07) is -0.0973. The second kappa shape index (κ2) is 7.52. The third kappa shape index (κ3) is 6.89. The number of rotatable bonds is 6. The molecule has 138 valence electrons. The summed E-state index contributed by atoms with van der Waals surface area (Å²) in [6.45, 7) is 19.1. The molecule has 1 atom stereocenters. The predicted molar refractivity (Wildman–Crippen MR) is 108 cm³/mol. The number of hydrogen-bond acceptors (Lipinski definition) is 5. The molecule has 1 aliphatic rings. The van der Waals surface area contributed by atoms with Crippen molar-refractivity contribution < 1.29 is 13.6 Å². The van der Waals surface area contributed by atoms with Crippen LogP contribution in [0.1, 0.15) is 12.8 Å². The second-order valence-electron chi connectivity index (χ2n) is 9.09. The molecule has 0 N–H and O–H groups in total. The number of carbonyl (C=O) groups excluding carboxylic acids is 1. The van der Waals surface area contributed by atoms with Gasteiger partial charge in [0.2, 0.25) is 28.4 Å². The number of carbonyl (C=O) groups is 1. The first-order chi connectivity index (χ1) is 10.7. The molecule has 0 bridgehead atoms. The van der Waals surface area contributed by atoms with E-state index >= 15 is 0 Å². The number of amides is 1. The fourth-order valence-electron chi connectivity index (χ4n) is 2.49. The fraction of sp³-hybridized carbons (Fsp3) is 0.800. The minimum atomic E-state index is -1.85. The Morgan fingerprint density at radius 3 is 2.12 bits per heavy atom. The highest BCUT2D eigenvalue weighted by molar-refractivity contribution is 6.76. The standard InChI is InChI=1S/C15H33N3O3Si3/c1-22(2,3)18-13(10-11-14(18)19)15(21-24(7,8)9)17-16-12-20-23(4,5)6/h12-13H,10-11H2,1-9H3/b16-12-,17-15-. The molecule has 1 heterocycles. The molecule has 6 nitrogen and oxygen atoms in total. The van der Waals surface area contributed by atoms with Gasteiger partial charge in [0.15, 0.2) is 14.6 Å². The van der Waals surface area contributed by atoms with Gasteiger partial charge in [-0.05, 0) is 45.7 Å². The molecule has 9 heteroatoms. The van der Waals surface area contributed by atoms with Gasteiger partial charge in [-0.3, -0.25) is 4.79 Å². The Kier molecular flexibility index (Phi) is 6.62. The molecule has 0 aliphatic carbocycles. The molecule has 1 amide bonds. The van der Waals surface area contributed by atoms with Gasteiger partial charge >= 0.3 is 0 Å². The van der Waals surface area contributed by atoms with Gasteiger partial charge in [0, 0.05) is 6.42 Å². The van der Waals surface area contributed by atoms with Crippen molar-refractivity contribution >= 4 is 43.1 Å². The van der Waals surface area contributed by atoms with E-state index in [2.05, 4.69) is 69.1 Å². The first-order valence-electron chi connectivity index (χ1n) is 8.49. The van der Waals surface area contributed by atoms with E-state index < -0.39 is 24.9 Å². The highest BCUT2D eigenvalue weighted by atomic mass is 28.4. The first kappa shape index (κ1) is 21.1. The lowest BCUT2D eigenvalue weighted by molar-refractivity contribution is -0.124. The van der Waals surface area contributed by atoms with Crippen molar-refractivity contribution in [1.82, 2.24) is 4.57 Å². The second-order valence-corrected chi connectivity index (χ2v) is 22.8. The monoisotopic (exact) mass is 387 g/mol. The molecule has 0 spiro atoms. The molecule has 0 aromatic carbocycles. The van der Waals surface area contributed by atoms with Crippen LogP contribution in [-0.4, -0.2) is 53.7 Å². The van der Waals surface area contributed by atoms with E-state index in [1.165, 1.54) is 6.40 Å². The molecule has 24 heavy (non-hydrogen) atoms. The summed E-state index contributed by atoms with van der Waals surface area (Å²) in [5.74, 6) is 0.770. The van der Waals surface area contributed by atoms with Crippen molar-refractivity contribution in [3.05, 3.63) is 0 Å². The summed E-state index contributed by atoms with van der Waals surface area (Å²) in [7, 11) is -5.33. The molecule has 1 unspecified atom stereocenters. The lowest BCUT2D eigenvalue weighted by Crippen LogP contribution is -2.54. The van der Waals surface area contributed by atoms with Gasteiger partial charge in [-0.2, -0.15) is 0 Å². The molecule has 1 fully saturated rings. The van der Waals surface area contributed by atoms with Crippen molar-refractivity contribution in [3.8, 4) is 0 Å². The van der Waals surface area contributed by atoms with E-state index in [0.717, 1.165) is 6.42 Å². The lowest BCUT2D eigenvalue weighted by atomic mass is 10.2. The molecule has 0 saturated carbocycles. The summed E-state index contributed by atoms with van der Waals surface area (Å²) in [6.07, 6.45) is 2.71. The maximum Gasteiger partial charge on any atom is 0.243 e. The van der Waals surface area contributed by atoms with E-state index in [-0.39, 0.29) is 11.9 Å². The van der Waals surface area contributed by atoms with E-state index in [1.807, 2.05) is 4.57 Å². The van der Waals surface area contributed by atoms with E-state index in [0.29, 0.717) is 12.3 Å². The van der Waals surface area contributed by atoms with Gasteiger partial charge in [0.1, 0.15) is 6.04 Å². The Morgan fingerprint density at radius 1 is 1.08 bits per heavy atom. The normalized spacial score (nSPS) is 20.9. The maximum absolute atomic E-state index is 12.4. The third-order valence-electron chi connectivity index (χ3n) is 3.24. The smallest absolute Gasteiger partial charge is 0.243 e. The number of nitrogens with zero attached hydrogens (tertiary/aromatic N) is 3. The molecular weight excluding hydrogens is 354 g/mol. The summed E-state index contributed by atoms with van der Waals surface area (Å²) in [5.41, 5.74) is 0. The molecule has 0 aromatic rings. The predicted octanol–water partition coefficient (Wildman–Crippen LogP) is 3.86. The van der Waals surface area contributed by atoms with Crippen molar-refractivity contribution in [2.75, 3.05) is 0 Å². The molecule has 1 aliphatic heterocycles. The average molecular weight is 388 g/mol. The molecular formula is C15H33N3O3Si3. The van der Waals surface area contributed by atoms with Crippen LogP contribution in [0.3, 0.4) is 0 Å². The Hall–Kier alpha value is -0.939. The van der Waals surface area contributed by atoms with Gasteiger partial charge < -0.3 is 13.4 Å². The zero-order valence-electron chi connectivity index (χ0n) is 16.6.